The summed E-state index contributed by atoms with van der Waals surface area (Å²) in [6, 6.07) is 1.45. The van der Waals surface area contributed by atoms with E-state index in [-0.39, 0.29) is 28.4 Å². The minimum Gasteiger partial charge on any atom is -0.477 e. The number of aromatic amines is 1. The van der Waals surface area contributed by atoms with E-state index in [1.165, 1.54) is 17.8 Å². The standard InChI is InChI=1S/C18H21Cl2N5O3S/c1-3-29-12-8-11(17(27)28)23-18(24-12)25-6-4-10(5-7-25)22-16(26)15-14(20)13(19)9(2)21-15/h8,10,21H,3-7H2,1-2H3,(H,22,26)(H,27,28). The second-order valence-corrected chi connectivity index (χ2v) is 8.66. The van der Waals surface area contributed by atoms with Gasteiger partial charge in [0.15, 0.2) is 5.69 Å². The normalized spacial score (nSPS) is 14.8. The molecule has 8 nitrogen and oxygen atoms in total. The van der Waals surface area contributed by atoms with Crippen LogP contribution >= 0.6 is 35.0 Å². The van der Waals surface area contributed by atoms with E-state index in [2.05, 4.69) is 20.3 Å². The molecule has 29 heavy (non-hydrogen) atoms. The van der Waals surface area contributed by atoms with Crippen molar-refractivity contribution in [3.63, 3.8) is 0 Å². The number of carbonyl (C=O) groups is 2. The number of rotatable bonds is 6. The number of anilines is 1. The van der Waals surface area contributed by atoms with Gasteiger partial charge in [0.05, 0.1) is 10.0 Å². The van der Waals surface area contributed by atoms with Gasteiger partial charge >= 0.3 is 5.97 Å². The number of aromatic carboxylic acids is 1. The maximum atomic E-state index is 12.5. The zero-order valence-electron chi connectivity index (χ0n) is 16.0. The molecular formula is C18H21Cl2N5O3S. The van der Waals surface area contributed by atoms with Gasteiger partial charge in [0.2, 0.25) is 5.95 Å². The number of hydrogen-bond acceptors (Lipinski definition) is 6. The first kappa shape index (κ1) is 21.7. The molecule has 1 aliphatic rings. The molecule has 1 saturated heterocycles. The summed E-state index contributed by atoms with van der Waals surface area (Å²) in [5.74, 6) is -0.186. The van der Waals surface area contributed by atoms with Gasteiger partial charge in [-0.2, -0.15) is 0 Å². The number of H-pyrrole nitrogens is 1. The molecule has 3 N–H and O–H groups in total. The fourth-order valence-electron chi connectivity index (χ4n) is 3.10. The van der Waals surface area contributed by atoms with Crippen molar-refractivity contribution < 1.29 is 14.7 Å². The number of nitrogens with one attached hydrogen (secondary N) is 2. The Kier molecular flexibility index (Phi) is 6.92. The number of halogens is 2. The first-order valence-corrected chi connectivity index (χ1v) is 10.9. The molecule has 1 aliphatic heterocycles. The van der Waals surface area contributed by atoms with Crippen LogP contribution in [0.3, 0.4) is 0 Å². The predicted molar refractivity (Wildman–Crippen MR) is 114 cm³/mol. The lowest BCUT2D eigenvalue weighted by molar-refractivity contribution is 0.0689. The first-order chi connectivity index (χ1) is 13.8. The van der Waals surface area contributed by atoms with Gasteiger partial charge in [-0.1, -0.05) is 30.1 Å². The predicted octanol–water partition coefficient (Wildman–Crippen LogP) is 3.63. The van der Waals surface area contributed by atoms with E-state index in [9.17, 15) is 14.7 Å². The number of nitrogens with zero attached hydrogens (tertiary/aromatic N) is 3. The van der Waals surface area contributed by atoms with Crippen molar-refractivity contribution in [3.05, 3.63) is 33.2 Å². The molecule has 1 amide bonds. The van der Waals surface area contributed by atoms with Crippen LogP contribution in [-0.4, -0.2) is 56.8 Å². The van der Waals surface area contributed by atoms with Crippen molar-refractivity contribution in [2.24, 2.45) is 0 Å². The van der Waals surface area contributed by atoms with Crippen molar-refractivity contribution in [2.45, 2.75) is 37.8 Å². The van der Waals surface area contributed by atoms with E-state index >= 15 is 0 Å². The fourth-order valence-corrected chi connectivity index (χ4v) is 4.15. The summed E-state index contributed by atoms with van der Waals surface area (Å²) < 4.78 is 0. The van der Waals surface area contributed by atoms with E-state index < -0.39 is 5.97 Å². The van der Waals surface area contributed by atoms with E-state index in [0.717, 1.165) is 5.75 Å². The molecule has 11 heteroatoms. The average molecular weight is 458 g/mol. The Morgan fingerprint density at radius 3 is 2.55 bits per heavy atom. The maximum Gasteiger partial charge on any atom is 0.354 e. The molecular weight excluding hydrogens is 437 g/mol. The fraction of sp³-hybridized carbons (Fsp3) is 0.444. The molecule has 0 bridgehead atoms. The number of amides is 1. The van der Waals surface area contributed by atoms with E-state index in [0.29, 0.717) is 47.6 Å². The smallest absolute Gasteiger partial charge is 0.354 e. The number of thioether (sulfide) groups is 1. The summed E-state index contributed by atoms with van der Waals surface area (Å²) >= 11 is 13.6. The average Bonchev–Trinajstić information content (AvgIpc) is 2.96. The Hall–Kier alpha value is -1.97. The Morgan fingerprint density at radius 2 is 2.00 bits per heavy atom. The number of carboxylic acids is 1. The molecule has 0 aliphatic carbocycles. The largest absolute Gasteiger partial charge is 0.477 e. The summed E-state index contributed by atoms with van der Waals surface area (Å²) in [7, 11) is 0. The van der Waals surface area contributed by atoms with Crippen molar-refractivity contribution in [1.82, 2.24) is 20.3 Å². The number of aromatic nitrogens is 3. The zero-order chi connectivity index (χ0) is 21.1. The highest BCUT2D eigenvalue weighted by Crippen LogP contribution is 2.29. The monoisotopic (exact) mass is 457 g/mol. The van der Waals surface area contributed by atoms with Gasteiger partial charge in [-0.15, -0.1) is 11.8 Å². The van der Waals surface area contributed by atoms with Gasteiger partial charge in [-0.05, 0) is 25.5 Å². The molecule has 0 unspecified atom stereocenters. The molecule has 0 radical (unpaired) electrons. The Labute approximate surface area is 182 Å². The molecule has 2 aromatic rings. The van der Waals surface area contributed by atoms with Crippen LogP contribution in [0.2, 0.25) is 10.0 Å². The zero-order valence-corrected chi connectivity index (χ0v) is 18.3. The van der Waals surface area contributed by atoms with Gasteiger partial charge < -0.3 is 20.3 Å². The Bertz CT molecular complexity index is 928. The van der Waals surface area contributed by atoms with Crippen LogP contribution in [0.5, 0.6) is 0 Å². The second kappa shape index (κ2) is 9.23. The third-order valence-corrected chi connectivity index (χ3v) is 6.34. The SMILES string of the molecule is CCSc1cc(C(=O)O)nc(N2CCC(NC(=O)c3[nH]c(C)c(Cl)c3Cl)CC2)n1. The Balaban J connectivity index is 1.65. The van der Waals surface area contributed by atoms with Crippen LogP contribution in [0.15, 0.2) is 11.1 Å². The van der Waals surface area contributed by atoms with Crippen molar-refractivity contribution in [1.29, 1.82) is 0 Å². The van der Waals surface area contributed by atoms with E-state index in [1.54, 1.807) is 6.92 Å². The van der Waals surface area contributed by atoms with Crippen molar-refractivity contribution >= 4 is 52.8 Å². The molecule has 0 aromatic carbocycles. The molecule has 0 saturated carbocycles. The lowest BCUT2D eigenvalue weighted by Crippen LogP contribution is -2.45. The number of hydrogen-bond donors (Lipinski definition) is 3. The van der Waals surface area contributed by atoms with Crippen LogP contribution < -0.4 is 10.2 Å². The van der Waals surface area contributed by atoms with Crippen LogP contribution in [0, 0.1) is 6.92 Å². The number of carbonyl (C=O) groups excluding carboxylic acids is 1. The summed E-state index contributed by atoms with van der Waals surface area (Å²) in [4.78, 5) is 37.4. The molecule has 3 rings (SSSR count). The summed E-state index contributed by atoms with van der Waals surface area (Å²) in [5.41, 5.74) is 0.887. The van der Waals surface area contributed by atoms with Crippen LogP contribution in [0.1, 0.15) is 46.4 Å². The minimum absolute atomic E-state index is 0.0185. The molecule has 1 fully saturated rings. The molecule has 0 atom stereocenters. The highest BCUT2D eigenvalue weighted by atomic mass is 35.5. The first-order valence-electron chi connectivity index (χ1n) is 9.14. The van der Waals surface area contributed by atoms with Crippen LogP contribution in [-0.2, 0) is 0 Å². The summed E-state index contributed by atoms with van der Waals surface area (Å²) in [6.45, 7) is 4.93. The maximum absolute atomic E-state index is 12.5. The highest BCUT2D eigenvalue weighted by molar-refractivity contribution is 7.99. The van der Waals surface area contributed by atoms with Crippen LogP contribution in [0.4, 0.5) is 5.95 Å². The number of aryl methyl sites for hydroxylation is 1. The molecule has 156 valence electrons. The van der Waals surface area contributed by atoms with E-state index in [1.807, 2.05) is 11.8 Å². The van der Waals surface area contributed by atoms with Gasteiger partial charge in [-0.3, -0.25) is 4.79 Å². The van der Waals surface area contributed by atoms with Crippen LogP contribution in [0.25, 0.3) is 0 Å². The highest BCUT2D eigenvalue weighted by Gasteiger charge is 2.26. The third-order valence-electron chi connectivity index (χ3n) is 4.60. The summed E-state index contributed by atoms with van der Waals surface area (Å²) in [5, 5.41) is 13.5. The summed E-state index contributed by atoms with van der Waals surface area (Å²) in [6.07, 6.45) is 1.35. The lowest BCUT2D eigenvalue weighted by Gasteiger charge is -2.32. The number of carboxylic acid groups (broad SMARTS) is 1. The second-order valence-electron chi connectivity index (χ2n) is 6.62. The lowest BCUT2D eigenvalue weighted by atomic mass is 10.1. The van der Waals surface area contributed by atoms with Gasteiger partial charge in [0.25, 0.3) is 5.91 Å². The van der Waals surface area contributed by atoms with Gasteiger partial charge in [0.1, 0.15) is 10.7 Å². The number of piperidine rings is 1. The third kappa shape index (κ3) is 4.96. The van der Waals surface area contributed by atoms with Gasteiger partial charge in [-0.25, -0.2) is 14.8 Å². The molecule has 0 spiro atoms. The quantitative estimate of drug-likeness (QED) is 0.448. The molecule has 2 aromatic heterocycles. The van der Waals surface area contributed by atoms with E-state index in [4.69, 9.17) is 23.2 Å². The molecule has 3 heterocycles. The Morgan fingerprint density at radius 1 is 1.31 bits per heavy atom. The van der Waals surface area contributed by atoms with Crippen molar-refractivity contribution in [2.75, 3.05) is 23.7 Å². The topological polar surface area (TPSA) is 111 Å². The minimum atomic E-state index is -1.08. The van der Waals surface area contributed by atoms with Crippen molar-refractivity contribution in [3.8, 4) is 0 Å². The van der Waals surface area contributed by atoms with Gasteiger partial charge in [0, 0.05) is 30.9 Å².